The molecule has 0 spiro atoms. The Hall–Kier alpha value is -1.92. The predicted octanol–water partition coefficient (Wildman–Crippen LogP) is -0.0502. The van der Waals surface area contributed by atoms with E-state index in [1.165, 1.54) is 5.56 Å². The molecule has 122 valence electrons. The SMILES string of the molecule is C[C@@H](N)C(=O)NCC(O)CNC(=O)CCCc1ccccc1. The Morgan fingerprint density at radius 3 is 2.45 bits per heavy atom. The van der Waals surface area contributed by atoms with Crippen molar-refractivity contribution in [1.29, 1.82) is 0 Å². The normalized spacial score (nSPS) is 13.2. The van der Waals surface area contributed by atoms with Gasteiger partial charge in [0.25, 0.3) is 0 Å². The van der Waals surface area contributed by atoms with Gasteiger partial charge in [0.05, 0.1) is 12.1 Å². The molecule has 5 N–H and O–H groups in total. The minimum atomic E-state index is -0.819. The van der Waals surface area contributed by atoms with Crippen LogP contribution < -0.4 is 16.4 Å². The molecule has 0 radical (unpaired) electrons. The number of carbonyl (C=O) groups is 2. The average molecular weight is 307 g/mol. The predicted molar refractivity (Wildman–Crippen MR) is 85.1 cm³/mol. The smallest absolute Gasteiger partial charge is 0.236 e. The van der Waals surface area contributed by atoms with E-state index >= 15 is 0 Å². The Kier molecular flexibility index (Phi) is 8.17. The van der Waals surface area contributed by atoms with Gasteiger partial charge in [-0.3, -0.25) is 9.59 Å². The van der Waals surface area contributed by atoms with E-state index in [-0.39, 0.29) is 24.9 Å². The first-order valence-corrected chi connectivity index (χ1v) is 7.51. The molecule has 1 aromatic rings. The molecule has 0 bridgehead atoms. The first-order chi connectivity index (χ1) is 10.5. The van der Waals surface area contributed by atoms with Crippen LogP contribution >= 0.6 is 0 Å². The molecule has 0 aromatic heterocycles. The molecule has 1 rings (SSSR count). The van der Waals surface area contributed by atoms with Crippen LogP contribution in [0.25, 0.3) is 0 Å². The van der Waals surface area contributed by atoms with Crippen molar-refractivity contribution in [3.05, 3.63) is 35.9 Å². The van der Waals surface area contributed by atoms with Crippen LogP contribution in [-0.4, -0.2) is 42.2 Å². The average Bonchev–Trinajstić information content (AvgIpc) is 2.51. The second-order valence-corrected chi connectivity index (χ2v) is 5.33. The molecule has 0 aliphatic carbocycles. The van der Waals surface area contributed by atoms with Gasteiger partial charge in [0.2, 0.25) is 11.8 Å². The third-order valence-electron chi connectivity index (χ3n) is 3.17. The zero-order valence-corrected chi connectivity index (χ0v) is 12.9. The van der Waals surface area contributed by atoms with Crippen LogP contribution in [0.15, 0.2) is 30.3 Å². The van der Waals surface area contributed by atoms with Gasteiger partial charge < -0.3 is 21.5 Å². The molecule has 0 aliphatic heterocycles. The van der Waals surface area contributed by atoms with Gasteiger partial charge in [0, 0.05) is 19.5 Å². The number of nitrogens with two attached hydrogens (primary N) is 1. The fraction of sp³-hybridized carbons (Fsp3) is 0.500. The Bertz CT molecular complexity index is 463. The molecule has 0 aliphatic rings. The highest BCUT2D eigenvalue weighted by molar-refractivity contribution is 5.81. The van der Waals surface area contributed by atoms with Crippen molar-refractivity contribution in [3.8, 4) is 0 Å². The van der Waals surface area contributed by atoms with E-state index in [0.29, 0.717) is 6.42 Å². The molecule has 1 aromatic carbocycles. The van der Waals surface area contributed by atoms with Crippen molar-refractivity contribution < 1.29 is 14.7 Å². The largest absolute Gasteiger partial charge is 0.389 e. The van der Waals surface area contributed by atoms with Crippen molar-refractivity contribution in [2.45, 2.75) is 38.3 Å². The van der Waals surface area contributed by atoms with Gasteiger partial charge in [-0.2, -0.15) is 0 Å². The Balaban J connectivity index is 2.11. The molecule has 22 heavy (non-hydrogen) atoms. The molecule has 2 atom stereocenters. The summed E-state index contributed by atoms with van der Waals surface area (Å²) in [6, 6.07) is 9.36. The van der Waals surface area contributed by atoms with Gasteiger partial charge in [-0.05, 0) is 25.3 Å². The number of nitrogens with one attached hydrogen (secondary N) is 2. The van der Waals surface area contributed by atoms with E-state index in [4.69, 9.17) is 5.73 Å². The number of aryl methyl sites for hydroxylation is 1. The van der Waals surface area contributed by atoms with Crippen molar-refractivity contribution >= 4 is 11.8 Å². The molecule has 2 amide bonds. The summed E-state index contributed by atoms with van der Waals surface area (Å²) in [6.45, 7) is 1.75. The zero-order chi connectivity index (χ0) is 16.4. The number of hydrogen-bond acceptors (Lipinski definition) is 4. The van der Waals surface area contributed by atoms with Gasteiger partial charge in [0.15, 0.2) is 0 Å². The summed E-state index contributed by atoms with van der Waals surface area (Å²) < 4.78 is 0. The van der Waals surface area contributed by atoms with Gasteiger partial charge in [-0.1, -0.05) is 30.3 Å². The summed E-state index contributed by atoms with van der Waals surface area (Å²) in [4.78, 5) is 22.9. The molecular weight excluding hydrogens is 282 g/mol. The van der Waals surface area contributed by atoms with Gasteiger partial charge in [0.1, 0.15) is 0 Å². The highest BCUT2D eigenvalue weighted by Crippen LogP contribution is 2.04. The quantitative estimate of drug-likeness (QED) is 0.513. The maximum Gasteiger partial charge on any atom is 0.236 e. The standard InChI is InChI=1S/C16H25N3O3/c1-12(17)16(22)19-11-14(20)10-18-15(21)9-5-8-13-6-3-2-4-7-13/h2-4,6-7,12,14,20H,5,8-11,17H2,1H3,(H,18,21)(H,19,22)/t12-,14?/m1/s1. The molecule has 6 heteroatoms. The van der Waals surface area contributed by atoms with Crippen molar-refractivity contribution in [1.82, 2.24) is 10.6 Å². The number of aliphatic hydroxyl groups is 1. The van der Waals surface area contributed by atoms with Crippen LogP contribution in [0, 0.1) is 0 Å². The molecule has 1 unspecified atom stereocenters. The Morgan fingerprint density at radius 1 is 1.18 bits per heavy atom. The highest BCUT2D eigenvalue weighted by Gasteiger charge is 2.11. The number of rotatable bonds is 9. The van der Waals surface area contributed by atoms with E-state index in [0.717, 1.165) is 12.8 Å². The molecule has 6 nitrogen and oxygen atoms in total. The lowest BCUT2D eigenvalue weighted by molar-refractivity contribution is -0.122. The first-order valence-electron chi connectivity index (χ1n) is 7.51. The molecule has 0 fully saturated rings. The topological polar surface area (TPSA) is 104 Å². The van der Waals surface area contributed by atoms with Gasteiger partial charge >= 0.3 is 0 Å². The third-order valence-corrected chi connectivity index (χ3v) is 3.17. The fourth-order valence-electron chi connectivity index (χ4n) is 1.87. The van der Waals surface area contributed by atoms with Crippen molar-refractivity contribution in [2.75, 3.05) is 13.1 Å². The maximum atomic E-state index is 11.7. The van der Waals surface area contributed by atoms with Crippen molar-refractivity contribution in [3.63, 3.8) is 0 Å². The Morgan fingerprint density at radius 2 is 1.82 bits per heavy atom. The number of benzene rings is 1. The summed E-state index contributed by atoms with van der Waals surface area (Å²) >= 11 is 0. The number of hydrogen-bond donors (Lipinski definition) is 4. The van der Waals surface area contributed by atoms with Crippen LogP contribution in [0.3, 0.4) is 0 Å². The van der Waals surface area contributed by atoms with E-state index in [2.05, 4.69) is 10.6 Å². The number of amides is 2. The number of aliphatic hydroxyl groups excluding tert-OH is 1. The lowest BCUT2D eigenvalue weighted by Gasteiger charge is -2.14. The van der Waals surface area contributed by atoms with E-state index in [1.807, 2.05) is 30.3 Å². The lowest BCUT2D eigenvalue weighted by atomic mass is 10.1. The van der Waals surface area contributed by atoms with Crippen LogP contribution in [0.1, 0.15) is 25.3 Å². The van der Waals surface area contributed by atoms with Gasteiger partial charge in [-0.25, -0.2) is 0 Å². The molecular formula is C16H25N3O3. The van der Waals surface area contributed by atoms with E-state index in [1.54, 1.807) is 6.92 Å². The molecule has 0 saturated carbocycles. The van der Waals surface area contributed by atoms with Crippen LogP contribution in [0.5, 0.6) is 0 Å². The maximum absolute atomic E-state index is 11.7. The van der Waals surface area contributed by atoms with Crippen LogP contribution in [0.2, 0.25) is 0 Å². The summed E-state index contributed by atoms with van der Waals surface area (Å²) in [6.07, 6.45) is 1.20. The second-order valence-electron chi connectivity index (χ2n) is 5.33. The van der Waals surface area contributed by atoms with Gasteiger partial charge in [-0.15, -0.1) is 0 Å². The highest BCUT2D eigenvalue weighted by atomic mass is 16.3. The monoisotopic (exact) mass is 307 g/mol. The van der Waals surface area contributed by atoms with Crippen molar-refractivity contribution in [2.24, 2.45) is 5.73 Å². The molecule has 0 heterocycles. The first kappa shape index (κ1) is 18.1. The second kappa shape index (κ2) is 9.92. The van der Waals surface area contributed by atoms with Crippen LogP contribution in [-0.2, 0) is 16.0 Å². The fourth-order valence-corrected chi connectivity index (χ4v) is 1.87. The summed E-state index contributed by atoms with van der Waals surface area (Å²) in [5, 5.41) is 14.8. The van der Waals surface area contributed by atoms with E-state index in [9.17, 15) is 14.7 Å². The zero-order valence-electron chi connectivity index (χ0n) is 12.9. The lowest BCUT2D eigenvalue weighted by Crippen LogP contribution is -2.44. The van der Waals surface area contributed by atoms with E-state index < -0.39 is 12.1 Å². The minimum Gasteiger partial charge on any atom is -0.389 e. The summed E-state index contributed by atoms with van der Waals surface area (Å²) in [5.41, 5.74) is 6.59. The Labute approximate surface area is 131 Å². The summed E-state index contributed by atoms with van der Waals surface area (Å²) in [7, 11) is 0. The minimum absolute atomic E-state index is 0.0741. The third kappa shape index (κ3) is 7.75. The number of carbonyl (C=O) groups excluding carboxylic acids is 2. The summed E-state index contributed by atoms with van der Waals surface area (Å²) in [5.74, 6) is -0.429. The van der Waals surface area contributed by atoms with Crippen LogP contribution in [0.4, 0.5) is 0 Å². The molecule has 0 saturated heterocycles.